The lowest BCUT2D eigenvalue weighted by Crippen LogP contribution is -2.53. The molecule has 3 N–H and O–H groups in total. The average Bonchev–Trinajstić information content (AvgIpc) is 2.33. The number of nitrogens with two attached hydrogens (primary N) is 1. The lowest BCUT2D eigenvalue weighted by molar-refractivity contribution is -0.385. The van der Waals surface area contributed by atoms with Gasteiger partial charge in [0.2, 0.25) is 0 Å². The van der Waals surface area contributed by atoms with Gasteiger partial charge in [-0.1, -0.05) is 6.92 Å². The molecular formula is C13H17N3O3. The predicted octanol–water partition coefficient (Wildman–Crippen LogP) is 2.24. The second kappa shape index (κ2) is 4.87. The Labute approximate surface area is 111 Å². The number of nitro groups is 1. The van der Waals surface area contributed by atoms with Crippen LogP contribution in [-0.2, 0) is 0 Å². The first-order valence-electron chi connectivity index (χ1n) is 6.34. The fourth-order valence-electron chi connectivity index (χ4n) is 2.37. The summed E-state index contributed by atoms with van der Waals surface area (Å²) in [5, 5.41) is 13.9. The largest absolute Gasteiger partial charge is 0.399 e. The number of carbonyl (C=O) groups excluding carboxylic acids is 1. The first-order valence-corrected chi connectivity index (χ1v) is 6.34. The maximum atomic E-state index is 12.2. The molecular weight excluding hydrogens is 246 g/mol. The molecule has 0 atom stereocenters. The number of nitrogens with one attached hydrogen (secondary N) is 1. The molecule has 0 aliphatic heterocycles. The number of rotatable bonds is 4. The number of carbonyl (C=O) groups is 1. The molecule has 0 aromatic heterocycles. The number of hydrogen-bond acceptors (Lipinski definition) is 4. The highest BCUT2D eigenvalue weighted by molar-refractivity contribution is 5.99. The molecule has 0 heterocycles. The van der Waals surface area contributed by atoms with Gasteiger partial charge >= 0.3 is 0 Å². The van der Waals surface area contributed by atoms with Gasteiger partial charge in [0.05, 0.1) is 4.92 Å². The Bertz CT molecular complexity index is 518. The Morgan fingerprint density at radius 2 is 2.21 bits per heavy atom. The average molecular weight is 263 g/mol. The summed E-state index contributed by atoms with van der Waals surface area (Å²) in [6.45, 7) is 2.01. The zero-order chi connectivity index (χ0) is 14.0. The summed E-state index contributed by atoms with van der Waals surface area (Å²) in [6.07, 6.45) is 3.75. The van der Waals surface area contributed by atoms with Gasteiger partial charge in [0.1, 0.15) is 5.56 Å². The van der Waals surface area contributed by atoms with Gasteiger partial charge in [-0.15, -0.1) is 0 Å². The standard InChI is InChI=1S/C13H17N3O3/c1-2-13(6-3-7-13)15-12(17)10-8-9(14)4-5-11(10)16(18)19/h4-5,8H,2-3,6-7,14H2,1H3,(H,15,17). The van der Waals surface area contributed by atoms with Crippen LogP contribution in [0.3, 0.4) is 0 Å². The van der Waals surface area contributed by atoms with Crippen LogP contribution in [0.2, 0.25) is 0 Å². The normalized spacial score (nSPS) is 16.5. The SMILES string of the molecule is CCC1(NC(=O)c2cc(N)ccc2[N+](=O)[O-])CCC1. The number of nitrogens with zero attached hydrogens (tertiary/aromatic N) is 1. The van der Waals surface area contributed by atoms with Crippen LogP contribution in [0, 0.1) is 10.1 Å². The van der Waals surface area contributed by atoms with E-state index in [1.807, 2.05) is 6.92 Å². The fourth-order valence-corrected chi connectivity index (χ4v) is 2.37. The van der Waals surface area contributed by atoms with Crippen LogP contribution in [0.4, 0.5) is 11.4 Å². The topological polar surface area (TPSA) is 98.3 Å². The maximum Gasteiger partial charge on any atom is 0.282 e. The highest BCUT2D eigenvalue weighted by Gasteiger charge is 2.37. The first-order chi connectivity index (χ1) is 8.97. The summed E-state index contributed by atoms with van der Waals surface area (Å²) >= 11 is 0. The number of nitrogen functional groups attached to an aromatic ring is 1. The first kappa shape index (κ1) is 13.3. The lowest BCUT2D eigenvalue weighted by atomic mass is 9.74. The van der Waals surface area contributed by atoms with Gasteiger partial charge in [0.25, 0.3) is 11.6 Å². The highest BCUT2D eigenvalue weighted by atomic mass is 16.6. The van der Waals surface area contributed by atoms with E-state index in [-0.39, 0.29) is 16.8 Å². The van der Waals surface area contributed by atoms with Gasteiger partial charge in [-0.25, -0.2) is 0 Å². The van der Waals surface area contributed by atoms with Crippen molar-refractivity contribution in [3.63, 3.8) is 0 Å². The van der Waals surface area contributed by atoms with E-state index in [1.54, 1.807) is 0 Å². The van der Waals surface area contributed by atoms with Crippen molar-refractivity contribution in [2.45, 2.75) is 38.1 Å². The van der Waals surface area contributed by atoms with Crippen LogP contribution in [0.5, 0.6) is 0 Å². The Balaban J connectivity index is 2.28. The Morgan fingerprint density at radius 3 is 2.68 bits per heavy atom. The predicted molar refractivity (Wildman–Crippen MR) is 71.8 cm³/mol. The van der Waals surface area contributed by atoms with Crippen LogP contribution >= 0.6 is 0 Å². The molecule has 6 heteroatoms. The van der Waals surface area contributed by atoms with Gasteiger partial charge in [-0.3, -0.25) is 14.9 Å². The van der Waals surface area contributed by atoms with E-state index in [9.17, 15) is 14.9 Å². The minimum atomic E-state index is -0.562. The number of anilines is 1. The van der Waals surface area contributed by atoms with E-state index >= 15 is 0 Å². The van der Waals surface area contributed by atoms with Crippen LogP contribution < -0.4 is 11.1 Å². The molecule has 1 aliphatic rings. The van der Waals surface area contributed by atoms with Crippen molar-refractivity contribution in [3.05, 3.63) is 33.9 Å². The Hall–Kier alpha value is -2.11. The third kappa shape index (κ3) is 2.52. The molecule has 1 aliphatic carbocycles. The summed E-state index contributed by atoms with van der Waals surface area (Å²) in [5.41, 5.74) is 5.57. The van der Waals surface area contributed by atoms with Crippen molar-refractivity contribution < 1.29 is 9.72 Å². The monoisotopic (exact) mass is 263 g/mol. The smallest absolute Gasteiger partial charge is 0.282 e. The molecule has 0 unspecified atom stereocenters. The summed E-state index contributed by atoms with van der Waals surface area (Å²) in [6, 6.07) is 4.05. The summed E-state index contributed by atoms with van der Waals surface area (Å²) in [5.74, 6) is -0.416. The molecule has 1 fully saturated rings. The zero-order valence-electron chi connectivity index (χ0n) is 10.8. The van der Waals surface area contributed by atoms with Crippen molar-refractivity contribution in [1.29, 1.82) is 0 Å². The van der Waals surface area contributed by atoms with Crippen molar-refractivity contribution in [2.75, 3.05) is 5.73 Å². The minimum Gasteiger partial charge on any atom is -0.399 e. The van der Waals surface area contributed by atoms with Gasteiger partial charge in [0.15, 0.2) is 0 Å². The summed E-state index contributed by atoms with van der Waals surface area (Å²) < 4.78 is 0. The molecule has 19 heavy (non-hydrogen) atoms. The van der Waals surface area contributed by atoms with E-state index in [1.165, 1.54) is 18.2 Å². The molecule has 102 valence electrons. The summed E-state index contributed by atoms with van der Waals surface area (Å²) in [4.78, 5) is 22.6. The van der Waals surface area contributed by atoms with Crippen LogP contribution in [0.15, 0.2) is 18.2 Å². The number of benzene rings is 1. The van der Waals surface area contributed by atoms with Gasteiger partial charge in [0, 0.05) is 17.3 Å². The third-order valence-electron chi connectivity index (χ3n) is 3.83. The molecule has 2 rings (SSSR count). The van der Waals surface area contributed by atoms with E-state index in [2.05, 4.69) is 5.32 Å². The van der Waals surface area contributed by atoms with E-state index in [0.717, 1.165) is 25.7 Å². The van der Waals surface area contributed by atoms with E-state index in [4.69, 9.17) is 5.73 Å². The number of hydrogen-bond donors (Lipinski definition) is 2. The second-order valence-corrected chi connectivity index (χ2v) is 4.98. The van der Waals surface area contributed by atoms with Crippen LogP contribution in [0.25, 0.3) is 0 Å². The third-order valence-corrected chi connectivity index (χ3v) is 3.83. The molecule has 0 radical (unpaired) electrons. The molecule has 1 aromatic rings. The maximum absolute atomic E-state index is 12.2. The molecule has 0 spiro atoms. The minimum absolute atomic E-state index is 0.0322. The van der Waals surface area contributed by atoms with Crippen LogP contribution in [0.1, 0.15) is 43.0 Å². The highest BCUT2D eigenvalue weighted by Crippen LogP contribution is 2.35. The van der Waals surface area contributed by atoms with Crippen LogP contribution in [-0.4, -0.2) is 16.4 Å². The molecule has 1 amide bonds. The molecule has 1 saturated carbocycles. The quantitative estimate of drug-likeness (QED) is 0.494. The second-order valence-electron chi connectivity index (χ2n) is 4.98. The van der Waals surface area contributed by atoms with Gasteiger partial charge in [-0.2, -0.15) is 0 Å². The van der Waals surface area contributed by atoms with Gasteiger partial charge in [-0.05, 0) is 37.8 Å². The van der Waals surface area contributed by atoms with Crippen molar-refractivity contribution >= 4 is 17.3 Å². The lowest BCUT2D eigenvalue weighted by Gasteiger charge is -2.41. The Morgan fingerprint density at radius 1 is 1.53 bits per heavy atom. The number of amides is 1. The molecule has 1 aromatic carbocycles. The van der Waals surface area contributed by atoms with Crippen molar-refractivity contribution in [3.8, 4) is 0 Å². The van der Waals surface area contributed by atoms with E-state index in [0.29, 0.717) is 5.69 Å². The molecule has 0 saturated heterocycles. The molecule has 6 nitrogen and oxygen atoms in total. The fraction of sp³-hybridized carbons (Fsp3) is 0.462. The molecule has 0 bridgehead atoms. The zero-order valence-corrected chi connectivity index (χ0v) is 10.8. The van der Waals surface area contributed by atoms with E-state index < -0.39 is 10.8 Å². The van der Waals surface area contributed by atoms with Crippen molar-refractivity contribution in [2.24, 2.45) is 0 Å². The number of nitro benzene ring substituents is 1. The Kier molecular flexibility index (Phi) is 3.42. The van der Waals surface area contributed by atoms with Crippen molar-refractivity contribution in [1.82, 2.24) is 5.32 Å². The summed E-state index contributed by atoms with van der Waals surface area (Å²) in [7, 11) is 0. The van der Waals surface area contributed by atoms with Gasteiger partial charge < -0.3 is 11.1 Å².